The van der Waals surface area contributed by atoms with E-state index in [1.165, 1.54) is 17.0 Å². The topological polar surface area (TPSA) is 96.3 Å². The highest BCUT2D eigenvalue weighted by molar-refractivity contribution is 7.80. The number of rotatable bonds is 3. The molecule has 7 nitrogen and oxygen atoms in total. The van der Waals surface area contributed by atoms with Crippen LogP contribution in [0.3, 0.4) is 0 Å². The van der Waals surface area contributed by atoms with Crippen molar-refractivity contribution in [2.24, 2.45) is 5.16 Å². The SMILES string of the molecule is O=C(c1ccc(Cl)cc1Cl)N1CC/C(=N\OS(=O)(=O)O)c2ccc(Cl)cc21. The summed E-state index contributed by atoms with van der Waals surface area (Å²) in [6.45, 7) is 0.165. The van der Waals surface area contributed by atoms with Gasteiger partial charge in [-0.15, -0.1) is 0 Å². The Kier molecular flexibility index (Phi) is 5.64. The Hall–Kier alpha value is -1.84. The average Bonchev–Trinajstić information content (AvgIpc) is 2.58. The lowest BCUT2D eigenvalue weighted by Crippen LogP contribution is -2.37. The van der Waals surface area contributed by atoms with E-state index in [2.05, 4.69) is 9.44 Å². The van der Waals surface area contributed by atoms with Crippen molar-refractivity contribution in [2.45, 2.75) is 6.42 Å². The molecule has 1 heterocycles. The van der Waals surface area contributed by atoms with Crippen LogP contribution in [0.25, 0.3) is 0 Å². The molecule has 3 rings (SSSR count). The monoisotopic (exact) mass is 448 g/mol. The lowest BCUT2D eigenvalue weighted by Gasteiger charge is -2.30. The minimum Gasteiger partial charge on any atom is -0.307 e. The molecule has 0 spiro atoms. The highest BCUT2D eigenvalue weighted by Crippen LogP contribution is 2.33. The highest BCUT2D eigenvalue weighted by Gasteiger charge is 2.29. The second-order valence-electron chi connectivity index (χ2n) is 5.53. The molecule has 0 atom stereocenters. The molecule has 2 aromatic carbocycles. The lowest BCUT2D eigenvalue weighted by molar-refractivity contribution is 0.0987. The Balaban J connectivity index is 2.03. The van der Waals surface area contributed by atoms with Crippen LogP contribution in [-0.4, -0.2) is 31.1 Å². The van der Waals surface area contributed by atoms with Crippen molar-refractivity contribution < 1.29 is 22.0 Å². The van der Waals surface area contributed by atoms with Crippen molar-refractivity contribution in [3.05, 3.63) is 62.6 Å². The molecular weight excluding hydrogens is 439 g/mol. The summed E-state index contributed by atoms with van der Waals surface area (Å²) < 4.78 is 34.4. The summed E-state index contributed by atoms with van der Waals surface area (Å²) in [4.78, 5) is 14.4. The quantitative estimate of drug-likeness (QED) is 0.559. The number of hydrogen-bond acceptors (Lipinski definition) is 5. The number of hydrogen-bond donors (Lipinski definition) is 1. The van der Waals surface area contributed by atoms with Crippen LogP contribution in [0.4, 0.5) is 5.69 Å². The van der Waals surface area contributed by atoms with Crippen LogP contribution in [0.15, 0.2) is 41.6 Å². The van der Waals surface area contributed by atoms with E-state index in [0.717, 1.165) is 0 Å². The van der Waals surface area contributed by atoms with Gasteiger partial charge in [0.05, 0.1) is 22.0 Å². The molecule has 0 unspecified atom stereocenters. The Morgan fingerprint density at radius 2 is 1.78 bits per heavy atom. The van der Waals surface area contributed by atoms with Crippen molar-refractivity contribution in [3.8, 4) is 0 Å². The number of nitrogens with zero attached hydrogens (tertiary/aromatic N) is 2. The highest BCUT2D eigenvalue weighted by atomic mass is 35.5. The van der Waals surface area contributed by atoms with Gasteiger partial charge < -0.3 is 4.90 Å². The predicted octanol–water partition coefficient (Wildman–Crippen LogP) is 4.22. The number of halogens is 3. The first-order valence-corrected chi connectivity index (χ1v) is 9.95. The van der Waals surface area contributed by atoms with E-state index in [4.69, 9.17) is 39.4 Å². The summed E-state index contributed by atoms with van der Waals surface area (Å²) in [7, 11) is -4.74. The Morgan fingerprint density at radius 3 is 2.44 bits per heavy atom. The smallest absolute Gasteiger partial charge is 0.307 e. The van der Waals surface area contributed by atoms with Gasteiger partial charge in [-0.25, -0.2) is 4.28 Å². The molecule has 1 N–H and O–H groups in total. The van der Waals surface area contributed by atoms with Crippen LogP contribution in [-0.2, 0) is 14.7 Å². The molecule has 0 saturated carbocycles. The van der Waals surface area contributed by atoms with Gasteiger partial charge in [0.1, 0.15) is 0 Å². The molecule has 2 aromatic rings. The van der Waals surface area contributed by atoms with Crippen LogP contribution >= 0.6 is 34.8 Å². The van der Waals surface area contributed by atoms with Crippen molar-refractivity contribution in [2.75, 3.05) is 11.4 Å². The van der Waals surface area contributed by atoms with E-state index in [1.54, 1.807) is 24.3 Å². The summed E-state index contributed by atoms with van der Waals surface area (Å²) in [6.07, 6.45) is 0.182. The van der Waals surface area contributed by atoms with Crippen molar-refractivity contribution in [1.29, 1.82) is 0 Å². The zero-order chi connectivity index (χ0) is 19.8. The average molecular weight is 450 g/mol. The number of benzene rings is 2. The maximum absolute atomic E-state index is 13.0. The maximum Gasteiger partial charge on any atom is 0.466 e. The zero-order valence-corrected chi connectivity index (χ0v) is 16.5. The normalized spacial score (nSPS) is 15.6. The van der Waals surface area contributed by atoms with E-state index in [-0.39, 0.29) is 35.2 Å². The molecular formula is C16H11Cl3N2O5S. The lowest BCUT2D eigenvalue weighted by atomic mass is 9.98. The summed E-state index contributed by atoms with van der Waals surface area (Å²) in [5.74, 6) is -0.380. The molecule has 0 bridgehead atoms. The first-order chi connectivity index (χ1) is 12.7. The molecule has 27 heavy (non-hydrogen) atoms. The van der Waals surface area contributed by atoms with E-state index >= 15 is 0 Å². The standard InChI is InChI=1S/C16H11Cl3N2O5S/c17-9-1-3-11(13(19)7-9)16(22)21-6-5-14(20-26-27(23,24)25)12-4-2-10(18)8-15(12)21/h1-4,7-8H,5-6H2,(H,23,24,25)/b20-14+. The van der Waals surface area contributed by atoms with Crippen LogP contribution in [0, 0.1) is 0 Å². The number of oxime groups is 1. The minimum absolute atomic E-state index is 0.165. The van der Waals surface area contributed by atoms with Crippen LogP contribution in [0.1, 0.15) is 22.3 Å². The van der Waals surface area contributed by atoms with Gasteiger partial charge in [-0.3, -0.25) is 9.35 Å². The number of carbonyl (C=O) groups excluding carboxylic acids is 1. The maximum atomic E-state index is 13.0. The van der Waals surface area contributed by atoms with Gasteiger partial charge in [0.15, 0.2) is 0 Å². The third-order valence-corrected chi connectivity index (χ3v) is 4.83. The molecule has 1 aliphatic heterocycles. The molecule has 1 amide bonds. The first-order valence-electron chi connectivity index (χ1n) is 7.45. The zero-order valence-electron chi connectivity index (χ0n) is 13.4. The van der Waals surface area contributed by atoms with E-state index in [0.29, 0.717) is 21.3 Å². The number of anilines is 1. The summed E-state index contributed by atoms with van der Waals surface area (Å²) in [6, 6.07) is 9.21. The van der Waals surface area contributed by atoms with Crippen LogP contribution in [0.5, 0.6) is 0 Å². The molecule has 1 aliphatic rings. The predicted molar refractivity (Wildman–Crippen MR) is 103 cm³/mol. The van der Waals surface area contributed by atoms with Gasteiger partial charge in [0.25, 0.3) is 5.91 Å². The third kappa shape index (κ3) is 4.53. The molecule has 0 aromatic heterocycles. The molecule has 0 saturated heterocycles. The van der Waals surface area contributed by atoms with Crippen molar-refractivity contribution in [3.63, 3.8) is 0 Å². The molecule has 0 radical (unpaired) electrons. The number of amides is 1. The van der Waals surface area contributed by atoms with Gasteiger partial charge in [-0.1, -0.05) is 40.0 Å². The largest absolute Gasteiger partial charge is 0.466 e. The van der Waals surface area contributed by atoms with Gasteiger partial charge in [-0.2, -0.15) is 8.42 Å². The fourth-order valence-corrected chi connectivity index (χ4v) is 3.49. The Labute approximate surface area is 170 Å². The Bertz CT molecular complexity index is 1060. The van der Waals surface area contributed by atoms with E-state index in [9.17, 15) is 13.2 Å². The third-order valence-electron chi connectivity index (χ3n) is 3.78. The molecule has 0 fully saturated rings. The number of fused-ring (bicyclic) bond motifs is 1. The summed E-state index contributed by atoms with van der Waals surface area (Å²) in [5.41, 5.74) is 1.34. The van der Waals surface area contributed by atoms with Gasteiger partial charge in [0.2, 0.25) is 0 Å². The summed E-state index contributed by atoms with van der Waals surface area (Å²) >= 11 is 18.1. The Morgan fingerprint density at radius 1 is 1.11 bits per heavy atom. The first kappa shape index (κ1) is 19.9. The van der Waals surface area contributed by atoms with Crippen LogP contribution < -0.4 is 4.90 Å². The summed E-state index contributed by atoms with van der Waals surface area (Å²) in [5, 5.41) is 4.44. The van der Waals surface area contributed by atoms with Crippen molar-refractivity contribution in [1.82, 2.24) is 0 Å². The van der Waals surface area contributed by atoms with Crippen LogP contribution in [0.2, 0.25) is 15.1 Å². The van der Waals surface area contributed by atoms with Crippen molar-refractivity contribution >= 4 is 62.5 Å². The van der Waals surface area contributed by atoms with Gasteiger partial charge >= 0.3 is 10.4 Å². The molecule has 142 valence electrons. The minimum atomic E-state index is -4.74. The fourth-order valence-electron chi connectivity index (χ4n) is 2.65. The van der Waals surface area contributed by atoms with E-state index in [1.807, 2.05) is 0 Å². The van der Waals surface area contributed by atoms with Gasteiger partial charge in [-0.05, 0) is 36.4 Å². The molecule has 11 heteroatoms. The second-order valence-corrected chi connectivity index (χ2v) is 7.82. The van der Waals surface area contributed by atoms with Gasteiger partial charge in [0, 0.05) is 28.6 Å². The fraction of sp³-hybridized carbons (Fsp3) is 0.125. The molecule has 0 aliphatic carbocycles. The number of carbonyl (C=O) groups is 1. The van der Waals surface area contributed by atoms with E-state index < -0.39 is 10.4 Å². The second kappa shape index (κ2) is 7.65.